The van der Waals surface area contributed by atoms with Crippen molar-refractivity contribution in [1.29, 1.82) is 0 Å². The van der Waals surface area contributed by atoms with Crippen LogP contribution in [-0.2, 0) is 25.7 Å². The molecule has 1 aliphatic carbocycles. The molecular weight excluding hydrogens is 724 g/mol. The van der Waals surface area contributed by atoms with Gasteiger partial charge in [0.1, 0.15) is 25.0 Å². The minimum Gasteiger partial charge on any atom is -0.449 e. The third-order valence-corrected chi connectivity index (χ3v) is 8.38. The Morgan fingerprint density at radius 3 is 1.96 bits per heavy atom. The van der Waals surface area contributed by atoms with Crippen LogP contribution in [0.25, 0.3) is 11.1 Å². The molecule has 16 nitrogen and oxygen atoms in total. The van der Waals surface area contributed by atoms with E-state index >= 15 is 0 Å². The van der Waals surface area contributed by atoms with Crippen molar-refractivity contribution in [3.8, 4) is 16.9 Å². The van der Waals surface area contributed by atoms with E-state index in [0.29, 0.717) is 17.8 Å². The highest BCUT2D eigenvalue weighted by molar-refractivity contribution is 5.95. The molecule has 0 heterocycles. The Hall–Kier alpha value is -6.97. The maximum atomic E-state index is 13.0. The Bertz CT molecular complexity index is 1960. The number of urea groups is 1. The number of nitro groups is 1. The molecule has 0 radical (unpaired) electrons. The maximum absolute atomic E-state index is 13.0. The summed E-state index contributed by atoms with van der Waals surface area (Å²) in [5, 5.41) is 21.0. The van der Waals surface area contributed by atoms with Crippen LogP contribution in [0.15, 0.2) is 97.1 Å². The van der Waals surface area contributed by atoms with E-state index in [1.807, 2.05) is 55.5 Å². The van der Waals surface area contributed by atoms with Crippen LogP contribution in [0.1, 0.15) is 49.8 Å². The number of primary amides is 1. The number of hydrogen-bond acceptors (Lipinski definition) is 10. The number of anilines is 1. The molecule has 4 aromatic rings. The number of amides is 5. The average molecular weight is 769 g/mol. The summed E-state index contributed by atoms with van der Waals surface area (Å²) in [5.41, 5.74) is 9.99. The number of non-ortho nitro benzene ring substituents is 1. The molecule has 0 fully saturated rings. The lowest BCUT2D eigenvalue weighted by molar-refractivity contribution is -0.384. The van der Waals surface area contributed by atoms with Gasteiger partial charge in [0, 0.05) is 30.3 Å². The van der Waals surface area contributed by atoms with Gasteiger partial charge in [0.05, 0.1) is 11.5 Å². The number of carbonyl (C=O) groups is 5. The first-order chi connectivity index (χ1) is 26.9. The summed E-state index contributed by atoms with van der Waals surface area (Å²) in [6.07, 6.45) is -0.790. The van der Waals surface area contributed by atoms with Crippen molar-refractivity contribution < 1.29 is 43.1 Å². The van der Waals surface area contributed by atoms with E-state index in [4.69, 9.17) is 19.9 Å². The summed E-state index contributed by atoms with van der Waals surface area (Å²) in [5.74, 6) is -1.35. The number of fused-ring (bicyclic) bond motifs is 3. The molecule has 1 atom stereocenters. The topological polar surface area (TPSA) is 230 Å². The highest BCUT2D eigenvalue weighted by Crippen LogP contribution is 2.44. The minimum absolute atomic E-state index is 0.0912. The largest absolute Gasteiger partial charge is 0.514 e. The van der Waals surface area contributed by atoms with Crippen LogP contribution in [0.4, 0.5) is 25.8 Å². The van der Waals surface area contributed by atoms with Gasteiger partial charge in [-0.2, -0.15) is 0 Å². The Kier molecular flexibility index (Phi) is 15.3. The van der Waals surface area contributed by atoms with Gasteiger partial charge in [0.15, 0.2) is 0 Å². The number of nitrogens with one attached hydrogen (secondary N) is 4. The summed E-state index contributed by atoms with van der Waals surface area (Å²) in [7, 11) is 0. The van der Waals surface area contributed by atoms with Crippen LogP contribution >= 0.6 is 0 Å². The second kappa shape index (κ2) is 20.5. The summed E-state index contributed by atoms with van der Waals surface area (Å²) in [6.45, 7) is 5.83. The number of carbonyl (C=O) groups excluding carboxylic acids is 5. The fourth-order valence-corrected chi connectivity index (χ4v) is 5.62. The number of alkyl carbamates (subject to hydrolysis) is 1. The van der Waals surface area contributed by atoms with Gasteiger partial charge < -0.3 is 41.2 Å². The number of nitro benzene ring substituents is 1. The molecule has 1 unspecified atom stereocenters. The first-order valence-corrected chi connectivity index (χ1v) is 17.8. The van der Waals surface area contributed by atoms with Crippen molar-refractivity contribution in [2.24, 2.45) is 11.7 Å². The zero-order chi connectivity index (χ0) is 40.6. The van der Waals surface area contributed by atoms with Crippen LogP contribution in [0.2, 0.25) is 0 Å². The minimum atomic E-state index is -0.991. The summed E-state index contributed by atoms with van der Waals surface area (Å²) < 4.78 is 15.7. The Morgan fingerprint density at radius 1 is 0.821 bits per heavy atom. The van der Waals surface area contributed by atoms with Gasteiger partial charge in [-0.3, -0.25) is 19.7 Å². The molecule has 0 saturated carbocycles. The molecule has 4 aromatic carbocycles. The van der Waals surface area contributed by atoms with E-state index in [0.717, 1.165) is 28.7 Å². The monoisotopic (exact) mass is 768 g/mol. The third-order valence-electron chi connectivity index (χ3n) is 8.38. The van der Waals surface area contributed by atoms with E-state index in [-0.39, 0.29) is 43.0 Å². The van der Waals surface area contributed by atoms with Crippen molar-refractivity contribution in [2.75, 3.05) is 25.0 Å². The zero-order valence-corrected chi connectivity index (χ0v) is 31.1. The van der Waals surface area contributed by atoms with E-state index in [2.05, 4.69) is 21.3 Å². The smallest absolute Gasteiger partial charge is 0.449 e. The summed E-state index contributed by atoms with van der Waals surface area (Å²) in [6, 6.07) is 26.0. The van der Waals surface area contributed by atoms with Crippen LogP contribution in [0, 0.1) is 16.0 Å². The second-order valence-electron chi connectivity index (χ2n) is 12.8. The van der Waals surface area contributed by atoms with Crippen LogP contribution in [0.5, 0.6) is 5.75 Å². The van der Waals surface area contributed by atoms with Gasteiger partial charge in [0.25, 0.3) is 5.69 Å². The van der Waals surface area contributed by atoms with E-state index in [9.17, 15) is 34.1 Å². The number of hydrogen-bond donors (Lipinski definition) is 5. The number of nitrogens with zero attached hydrogens (tertiary/aromatic N) is 1. The van der Waals surface area contributed by atoms with Crippen molar-refractivity contribution in [2.45, 2.75) is 45.8 Å². The van der Waals surface area contributed by atoms with Crippen LogP contribution in [-0.4, -0.2) is 60.8 Å². The highest BCUT2D eigenvalue weighted by atomic mass is 16.7. The van der Waals surface area contributed by atoms with E-state index in [1.165, 1.54) is 24.3 Å². The molecule has 0 aromatic heterocycles. The predicted molar refractivity (Wildman–Crippen MR) is 207 cm³/mol. The molecule has 0 spiro atoms. The van der Waals surface area contributed by atoms with Crippen molar-refractivity contribution in [3.05, 3.63) is 124 Å². The molecule has 0 bridgehead atoms. The van der Waals surface area contributed by atoms with Crippen LogP contribution < -0.4 is 31.7 Å². The number of ether oxygens (including phenoxy) is 3. The number of benzene rings is 4. The standard InChI is InChI=1S/C36H34N4O9.C4H10N2O/c1-22(2)33(39-35(43)47-21-31-29-9-5-3-7-27(29)28-8-4-6-10-30(28)31)34(42)37-19-32(41)38-24-13-11-23(12-14-24)20-48-36(44)49-26-17-15-25(16-18-26)40(45)46;1-2-3-6-4(5)7/h3-18,22,31,33H,19-21H2,1-2H3,(H,37,42)(H,38,41)(H,39,43);2-3H2,1H3,(H3,5,6,7). The van der Waals surface area contributed by atoms with Gasteiger partial charge in [-0.05, 0) is 64.4 Å². The first kappa shape index (κ1) is 41.8. The number of rotatable bonds is 14. The normalized spacial score (nSPS) is 11.7. The molecule has 16 heteroatoms. The molecule has 5 amide bonds. The molecule has 0 aliphatic heterocycles. The molecule has 0 saturated heterocycles. The second-order valence-corrected chi connectivity index (χ2v) is 12.8. The molecular formula is C40H44N6O10. The van der Waals surface area contributed by atoms with Gasteiger partial charge in [-0.1, -0.05) is 81.4 Å². The third kappa shape index (κ3) is 12.3. The average Bonchev–Trinajstić information content (AvgIpc) is 3.50. The van der Waals surface area contributed by atoms with Crippen LogP contribution in [0.3, 0.4) is 0 Å². The van der Waals surface area contributed by atoms with E-state index < -0.39 is 41.1 Å². The molecule has 294 valence electrons. The van der Waals surface area contributed by atoms with Crippen molar-refractivity contribution in [3.63, 3.8) is 0 Å². The van der Waals surface area contributed by atoms with Gasteiger partial charge in [-0.15, -0.1) is 0 Å². The van der Waals surface area contributed by atoms with E-state index in [1.54, 1.807) is 38.1 Å². The lowest BCUT2D eigenvalue weighted by atomic mass is 9.98. The van der Waals surface area contributed by atoms with Gasteiger partial charge in [0.2, 0.25) is 11.8 Å². The maximum Gasteiger partial charge on any atom is 0.514 e. The van der Waals surface area contributed by atoms with Gasteiger partial charge in [-0.25, -0.2) is 14.4 Å². The summed E-state index contributed by atoms with van der Waals surface area (Å²) >= 11 is 0. The first-order valence-electron chi connectivity index (χ1n) is 17.8. The Morgan fingerprint density at radius 2 is 1.43 bits per heavy atom. The lowest BCUT2D eigenvalue weighted by Crippen LogP contribution is -2.51. The van der Waals surface area contributed by atoms with Gasteiger partial charge >= 0.3 is 18.3 Å². The van der Waals surface area contributed by atoms with Crippen molar-refractivity contribution >= 4 is 41.5 Å². The SMILES string of the molecule is CC(C)C(NC(=O)OCC1c2ccccc2-c2ccccc21)C(=O)NCC(=O)Nc1ccc(COC(=O)Oc2ccc([N+](=O)[O-])cc2)cc1.CCCNC(N)=O. The summed E-state index contributed by atoms with van der Waals surface area (Å²) in [4.78, 5) is 70.3. The predicted octanol–water partition coefficient (Wildman–Crippen LogP) is 5.99. The number of nitrogens with two attached hydrogens (primary N) is 1. The quantitative estimate of drug-likeness (QED) is 0.0435. The fourth-order valence-electron chi connectivity index (χ4n) is 5.62. The Labute approximate surface area is 323 Å². The lowest BCUT2D eigenvalue weighted by Gasteiger charge is -2.22. The zero-order valence-electron chi connectivity index (χ0n) is 31.1. The highest BCUT2D eigenvalue weighted by Gasteiger charge is 2.30. The molecule has 6 N–H and O–H groups in total. The van der Waals surface area contributed by atoms with Crippen molar-refractivity contribution in [1.82, 2.24) is 16.0 Å². The molecule has 5 rings (SSSR count). The molecule has 1 aliphatic rings. The fraction of sp³-hybridized carbons (Fsp3) is 0.275. The molecule has 56 heavy (non-hydrogen) atoms. The Balaban J connectivity index is 0.000000908.